The van der Waals surface area contributed by atoms with Crippen molar-refractivity contribution in [1.29, 1.82) is 0 Å². The van der Waals surface area contributed by atoms with Gasteiger partial charge in [-0.1, -0.05) is 12.1 Å². The van der Waals surface area contributed by atoms with Gasteiger partial charge in [0.25, 0.3) is 0 Å². The van der Waals surface area contributed by atoms with Crippen molar-refractivity contribution in [3.05, 3.63) is 11.7 Å². The fourth-order valence-corrected chi connectivity index (χ4v) is 3.56. The van der Waals surface area contributed by atoms with Crippen LogP contribution in [0.1, 0.15) is 32.0 Å². The molecule has 1 aliphatic heterocycles. The highest BCUT2D eigenvalue weighted by atomic mass is 32.2. The van der Waals surface area contributed by atoms with Crippen LogP contribution in [0.25, 0.3) is 0 Å². The number of hydrogen-bond acceptors (Lipinski definition) is 7. The predicted octanol–water partition coefficient (Wildman–Crippen LogP) is 0.236. The van der Waals surface area contributed by atoms with Crippen LogP contribution < -0.4 is 0 Å². The molecule has 1 fully saturated rings. The Kier molecular flexibility index (Phi) is 5.74. The minimum Gasteiger partial charge on any atom is -0.340 e. The smallest absolute Gasteiger partial charge is 0.223 e. The first-order valence-corrected chi connectivity index (χ1v) is 9.62. The molecular weight excluding hydrogens is 320 g/mol. The van der Waals surface area contributed by atoms with Crippen LogP contribution in [-0.4, -0.2) is 71.4 Å². The molecule has 0 unspecified atom stereocenters. The summed E-state index contributed by atoms with van der Waals surface area (Å²) in [4.78, 5) is 19.9. The third kappa shape index (κ3) is 5.00. The molecule has 1 amide bonds. The predicted molar refractivity (Wildman–Crippen MR) is 84.4 cm³/mol. The van der Waals surface area contributed by atoms with Gasteiger partial charge in [-0.3, -0.25) is 4.79 Å². The second-order valence-electron chi connectivity index (χ2n) is 5.86. The molecule has 0 aromatic carbocycles. The van der Waals surface area contributed by atoms with E-state index in [4.69, 9.17) is 4.52 Å². The van der Waals surface area contributed by atoms with Crippen molar-refractivity contribution in [2.75, 3.05) is 31.1 Å². The number of sulfone groups is 1. The number of hydrogen-bond donors (Lipinski definition) is 0. The quantitative estimate of drug-likeness (QED) is 0.699. The summed E-state index contributed by atoms with van der Waals surface area (Å²) in [6.07, 6.45) is 0.822. The summed E-state index contributed by atoms with van der Waals surface area (Å²) in [6, 6.07) is 0.0515. The zero-order valence-electron chi connectivity index (χ0n) is 13.9. The number of aryl methyl sites for hydroxylation is 1. The van der Waals surface area contributed by atoms with E-state index in [2.05, 4.69) is 15.0 Å². The molecule has 1 saturated heterocycles. The molecule has 1 aromatic rings. The van der Waals surface area contributed by atoms with Crippen LogP contribution in [0.3, 0.4) is 0 Å². The zero-order valence-corrected chi connectivity index (χ0v) is 14.7. The van der Waals surface area contributed by atoms with Crippen LogP contribution >= 0.6 is 0 Å². The van der Waals surface area contributed by atoms with E-state index in [0.717, 1.165) is 13.0 Å². The maximum Gasteiger partial charge on any atom is 0.223 e. The molecule has 1 aromatic heterocycles. The first kappa shape index (κ1) is 17.9. The van der Waals surface area contributed by atoms with E-state index < -0.39 is 9.84 Å². The SMILES string of the molecule is CCS(=O)(=O)CCN1CC[C@@H](N(Cc2noc(C)n2)C(C)=O)C1. The molecule has 23 heavy (non-hydrogen) atoms. The Labute approximate surface area is 136 Å². The van der Waals surface area contributed by atoms with Crippen molar-refractivity contribution in [2.45, 2.75) is 39.8 Å². The summed E-state index contributed by atoms with van der Waals surface area (Å²) >= 11 is 0. The van der Waals surface area contributed by atoms with Gasteiger partial charge in [0.2, 0.25) is 11.8 Å². The van der Waals surface area contributed by atoms with Crippen LogP contribution in [0.5, 0.6) is 0 Å². The fraction of sp³-hybridized carbons (Fsp3) is 0.786. The number of carbonyl (C=O) groups is 1. The standard InChI is InChI=1S/C14H24N4O4S/c1-4-23(20,21)8-7-17-6-5-13(9-17)18(12(3)19)10-14-15-11(2)22-16-14/h13H,4-10H2,1-3H3/t13-/m1/s1. The molecule has 0 bridgehead atoms. The van der Waals surface area contributed by atoms with Gasteiger partial charge >= 0.3 is 0 Å². The lowest BCUT2D eigenvalue weighted by Gasteiger charge is -2.27. The first-order valence-electron chi connectivity index (χ1n) is 7.80. The molecule has 0 aliphatic carbocycles. The van der Waals surface area contributed by atoms with Crippen LogP contribution in [-0.2, 0) is 21.2 Å². The minimum absolute atomic E-state index is 0.0412. The number of carbonyl (C=O) groups excluding carboxylic acids is 1. The molecule has 9 heteroatoms. The molecule has 0 saturated carbocycles. The Morgan fingerprint density at radius 3 is 2.78 bits per heavy atom. The van der Waals surface area contributed by atoms with Crippen molar-refractivity contribution in [3.63, 3.8) is 0 Å². The Hall–Kier alpha value is -1.48. The zero-order chi connectivity index (χ0) is 17.0. The number of likely N-dealkylation sites (tertiary alicyclic amines) is 1. The molecule has 8 nitrogen and oxygen atoms in total. The largest absolute Gasteiger partial charge is 0.340 e. The van der Waals surface area contributed by atoms with E-state index in [9.17, 15) is 13.2 Å². The highest BCUT2D eigenvalue weighted by Crippen LogP contribution is 2.18. The highest BCUT2D eigenvalue weighted by molar-refractivity contribution is 7.91. The van der Waals surface area contributed by atoms with E-state index >= 15 is 0 Å². The monoisotopic (exact) mass is 344 g/mol. The Morgan fingerprint density at radius 2 is 2.22 bits per heavy atom. The molecule has 0 spiro atoms. The normalized spacial score (nSPS) is 19.2. The van der Waals surface area contributed by atoms with Crippen molar-refractivity contribution < 1.29 is 17.7 Å². The van der Waals surface area contributed by atoms with Gasteiger partial charge in [-0.05, 0) is 6.42 Å². The molecular formula is C14H24N4O4S. The van der Waals surface area contributed by atoms with E-state index in [1.807, 2.05) is 0 Å². The number of amides is 1. The molecule has 130 valence electrons. The van der Waals surface area contributed by atoms with Crippen molar-refractivity contribution in [3.8, 4) is 0 Å². The van der Waals surface area contributed by atoms with Crippen molar-refractivity contribution in [1.82, 2.24) is 19.9 Å². The lowest BCUT2D eigenvalue weighted by molar-refractivity contribution is -0.131. The molecule has 1 aliphatic rings. The summed E-state index contributed by atoms with van der Waals surface area (Å²) in [5, 5.41) is 3.84. The third-order valence-corrected chi connectivity index (χ3v) is 5.82. The molecule has 0 radical (unpaired) electrons. The lowest BCUT2D eigenvalue weighted by Crippen LogP contribution is -2.41. The molecule has 2 rings (SSSR count). The van der Waals surface area contributed by atoms with Gasteiger partial charge < -0.3 is 14.3 Å². The second kappa shape index (κ2) is 7.39. The second-order valence-corrected chi connectivity index (χ2v) is 8.33. The fourth-order valence-electron chi connectivity index (χ4n) is 2.74. The van der Waals surface area contributed by atoms with Crippen LogP contribution in [0.4, 0.5) is 0 Å². The molecule has 0 N–H and O–H groups in total. The summed E-state index contributed by atoms with van der Waals surface area (Å²) < 4.78 is 28.2. The number of aromatic nitrogens is 2. The number of nitrogens with zero attached hydrogens (tertiary/aromatic N) is 4. The van der Waals surface area contributed by atoms with E-state index in [1.165, 1.54) is 6.92 Å². The van der Waals surface area contributed by atoms with Crippen LogP contribution in [0, 0.1) is 6.92 Å². The summed E-state index contributed by atoms with van der Waals surface area (Å²) in [6.45, 7) is 7.19. The van der Waals surface area contributed by atoms with Gasteiger partial charge in [0.15, 0.2) is 15.7 Å². The average molecular weight is 344 g/mol. The Balaban J connectivity index is 1.93. The Bertz CT molecular complexity index is 643. The molecule has 1 atom stereocenters. The van der Waals surface area contributed by atoms with Gasteiger partial charge in [-0.15, -0.1) is 0 Å². The van der Waals surface area contributed by atoms with Gasteiger partial charge in [0.1, 0.15) is 0 Å². The van der Waals surface area contributed by atoms with E-state index in [-0.39, 0.29) is 23.5 Å². The molecule has 2 heterocycles. The minimum atomic E-state index is -2.96. The lowest BCUT2D eigenvalue weighted by atomic mass is 10.2. The number of rotatable bonds is 7. The van der Waals surface area contributed by atoms with Crippen molar-refractivity contribution in [2.24, 2.45) is 0 Å². The topological polar surface area (TPSA) is 96.6 Å². The van der Waals surface area contributed by atoms with Gasteiger partial charge in [-0.2, -0.15) is 4.98 Å². The van der Waals surface area contributed by atoms with Crippen LogP contribution in [0.2, 0.25) is 0 Å². The van der Waals surface area contributed by atoms with E-state index in [1.54, 1.807) is 18.7 Å². The van der Waals surface area contributed by atoms with Crippen LogP contribution in [0.15, 0.2) is 4.52 Å². The van der Waals surface area contributed by atoms with Gasteiger partial charge in [-0.25, -0.2) is 8.42 Å². The maximum atomic E-state index is 11.9. The van der Waals surface area contributed by atoms with E-state index in [0.29, 0.717) is 31.3 Å². The summed E-state index contributed by atoms with van der Waals surface area (Å²) in [5.74, 6) is 1.26. The third-order valence-electron chi connectivity index (χ3n) is 4.13. The average Bonchev–Trinajstić information content (AvgIpc) is 3.11. The van der Waals surface area contributed by atoms with Gasteiger partial charge in [0, 0.05) is 45.3 Å². The van der Waals surface area contributed by atoms with Gasteiger partial charge in [0.05, 0.1) is 12.3 Å². The highest BCUT2D eigenvalue weighted by Gasteiger charge is 2.30. The summed E-state index contributed by atoms with van der Waals surface area (Å²) in [5.41, 5.74) is 0. The Morgan fingerprint density at radius 1 is 1.48 bits per heavy atom. The first-order chi connectivity index (χ1) is 10.8. The maximum absolute atomic E-state index is 11.9. The summed E-state index contributed by atoms with van der Waals surface area (Å²) in [7, 11) is -2.96. The van der Waals surface area contributed by atoms with Crippen molar-refractivity contribution >= 4 is 15.7 Å².